The molecule has 0 amide bonds. The summed E-state index contributed by atoms with van der Waals surface area (Å²) in [6.07, 6.45) is 3.93. The maximum Gasteiger partial charge on any atom is 0.200 e. The highest BCUT2D eigenvalue weighted by atomic mass is 32.2. The van der Waals surface area contributed by atoms with E-state index < -0.39 is 6.29 Å². The van der Waals surface area contributed by atoms with Crippen molar-refractivity contribution in [3.05, 3.63) is 40.7 Å². The van der Waals surface area contributed by atoms with E-state index in [1.54, 1.807) is 20.4 Å². The zero-order valence-electron chi connectivity index (χ0n) is 23.4. The van der Waals surface area contributed by atoms with Crippen molar-refractivity contribution in [3.63, 3.8) is 0 Å². The average molecular weight is 554 g/mol. The molecule has 0 radical (unpaired) electrons. The normalized spacial score (nSPS) is 15.6. The summed E-state index contributed by atoms with van der Waals surface area (Å²) < 4.78 is 11.3. The van der Waals surface area contributed by atoms with Gasteiger partial charge in [-0.15, -0.1) is 0 Å². The van der Waals surface area contributed by atoms with Crippen molar-refractivity contribution < 1.29 is 14.3 Å². The van der Waals surface area contributed by atoms with Crippen LogP contribution in [-0.4, -0.2) is 105 Å². The quantitative estimate of drug-likeness (QED) is 0.287. The lowest BCUT2D eigenvalue weighted by atomic mass is 10.0. The molecular formula is C28H39N7O3S. The molecule has 0 spiro atoms. The summed E-state index contributed by atoms with van der Waals surface area (Å²) in [5, 5.41) is 9.76. The summed E-state index contributed by atoms with van der Waals surface area (Å²) >= 11 is 1.95. The number of anilines is 3. The molecule has 1 fully saturated rings. The number of hydrogen-bond donors (Lipinski definition) is 0. The predicted molar refractivity (Wildman–Crippen MR) is 155 cm³/mol. The van der Waals surface area contributed by atoms with Crippen LogP contribution in [0, 0.1) is 11.3 Å². The Morgan fingerprint density at radius 2 is 1.90 bits per heavy atom. The van der Waals surface area contributed by atoms with E-state index >= 15 is 0 Å². The Morgan fingerprint density at radius 1 is 1.15 bits per heavy atom. The number of carbonyl (C=O) groups excluding carboxylic acids is 1. The molecule has 2 aromatic heterocycles. The molecule has 39 heavy (non-hydrogen) atoms. The molecule has 0 atom stereocenters. The highest BCUT2D eigenvalue weighted by Crippen LogP contribution is 2.36. The lowest BCUT2D eigenvalue weighted by molar-refractivity contribution is -0.109. The van der Waals surface area contributed by atoms with E-state index in [0.29, 0.717) is 18.7 Å². The van der Waals surface area contributed by atoms with Gasteiger partial charge >= 0.3 is 0 Å². The number of nitrogens with zero attached hydrogens (tertiary/aromatic N) is 7. The summed E-state index contributed by atoms with van der Waals surface area (Å²) in [5.74, 6) is 3.78. The van der Waals surface area contributed by atoms with Gasteiger partial charge in [0.25, 0.3) is 0 Å². The van der Waals surface area contributed by atoms with E-state index in [9.17, 15) is 10.1 Å². The van der Waals surface area contributed by atoms with Crippen LogP contribution in [0.25, 0.3) is 0 Å². The first-order chi connectivity index (χ1) is 19.0. The van der Waals surface area contributed by atoms with E-state index in [-0.39, 0.29) is 0 Å². The van der Waals surface area contributed by atoms with Gasteiger partial charge in [-0.25, -0.2) is 9.97 Å². The molecular weight excluding hydrogens is 514 g/mol. The topological polar surface area (TPSA) is 98.1 Å². The van der Waals surface area contributed by atoms with Crippen LogP contribution < -0.4 is 9.80 Å². The molecule has 2 aromatic rings. The Balaban J connectivity index is 1.67. The molecule has 2 aliphatic heterocycles. The second kappa shape index (κ2) is 14.1. The van der Waals surface area contributed by atoms with Crippen molar-refractivity contribution in [2.24, 2.45) is 0 Å². The molecule has 0 saturated carbocycles. The lowest BCUT2D eigenvalue weighted by Crippen LogP contribution is -2.34. The Kier molecular flexibility index (Phi) is 10.5. The molecule has 0 N–H and O–H groups in total. The van der Waals surface area contributed by atoms with Crippen LogP contribution in [0.3, 0.4) is 0 Å². The van der Waals surface area contributed by atoms with Crippen LogP contribution in [-0.2, 0) is 27.2 Å². The monoisotopic (exact) mass is 553 g/mol. The van der Waals surface area contributed by atoms with Crippen LogP contribution in [0.15, 0.2) is 18.3 Å². The van der Waals surface area contributed by atoms with Crippen LogP contribution in [0.2, 0.25) is 0 Å². The van der Waals surface area contributed by atoms with Crippen LogP contribution in [0.5, 0.6) is 0 Å². The van der Waals surface area contributed by atoms with E-state index in [1.165, 1.54) is 5.56 Å². The lowest BCUT2D eigenvalue weighted by Gasteiger charge is -2.33. The van der Waals surface area contributed by atoms with Crippen molar-refractivity contribution in [1.29, 1.82) is 5.26 Å². The van der Waals surface area contributed by atoms with Crippen LogP contribution in [0.4, 0.5) is 17.3 Å². The number of hydrogen-bond acceptors (Lipinski definition) is 11. The predicted octanol–water partition coefficient (Wildman–Crippen LogP) is 2.84. The highest BCUT2D eigenvalue weighted by Gasteiger charge is 2.27. The average Bonchev–Trinajstić information content (AvgIpc) is 2.97. The van der Waals surface area contributed by atoms with E-state index in [0.717, 1.165) is 91.9 Å². The number of likely N-dealkylation sites (N-methyl/N-ethyl adjacent to an activating group) is 2. The van der Waals surface area contributed by atoms with Gasteiger partial charge in [-0.1, -0.05) is 0 Å². The van der Waals surface area contributed by atoms with Gasteiger partial charge < -0.3 is 29.0 Å². The van der Waals surface area contributed by atoms with Gasteiger partial charge in [0, 0.05) is 77.3 Å². The summed E-state index contributed by atoms with van der Waals surface area (Å²) in [7, 11) is 7.27. The maximum atomic E-state index is 10.8. The van der Waals surface area contributed by atoms with Crippen molar-refractivity contribution in [1.82, 2.24) is 19.8 Å². The molecule has 11 heteroatoms. The van der Waals surface area contributed by atoms with E-state index in [4.69, 9.17) is 19.4 Å². The Bertz CT molecular complexity index is 1160. The number of methoxy groups -OCH3 is 2. The van der Waals surface area contributed by atoms with Gasteiger partial charge in [-0.2, -0.15) is 17.0 Å². The van der Waals surface area contributed by atoms with Crippen molar-refractivity contribution in [2.45, 2.75) is 25.7 Å². The fourth-order valence-electron chi connectivity index (χ4n) is 5.09. The number of pyridine rings is 2. The number of fused-ring (bicyclic) bond motifs is 1. The van der Waals surface area contributed by atoms with E-state index in [2.05, 4.69) is 33.9 Å². The van der Waals surface area contributed by atoms with Crippen molar-refractivity contribution >= 4 is 35.4 Å². The van der Waals surface area contributed by atoms with Crippen molar-refractivity contribution in [2.75, 3.05) is 88.9 Å². The molecule has 0 aliphatic carbocycles. The SMILES string of the molecule is COC(OC)c1nc2c(cc1CN(C)CCN(C)CC=O)CCCN2c1cc(N2CCSCC2)c(C#N)cn1. The third kappa shape index (κ3) is 7.07. The standard InChI is InChI=1S/C28H39N7O3S/c1-32(10-13-36)8-9-33(2)20-22-16-21-6-5-7-35(27(21)31-26(22)28(37-3)38-4)25-17-24(23(18-29)19-30-25)34-11-14-39-15-12-34/h13,16-17,19,28H,5-12,14-15,20H2,1-4H3. The molecule has 10 nitrogen and oxygen atoms in total. The first-order valence-electron chi connectivity index (χ1n) is 13.4. The Labute approximate surface area is 235 Å². The smallest absolute Gasteiger partial charge is 0.200 e. The fourth-order valence-corrected chi connectivity index (χ4v) is 6.00. The minimum Gasteiger partial charge on any atom is -0.369 e. The third-order valence-corrected chi connectivity index (χ3v) is 8.17. The van der Waals surface area contributed by atoms with Crippen LogP contribution >= 0.6 is 11.8 Å². The van der Waals surface area contributed by atoms with Gasteiger partial charge in [0.1, 0.15) is 29.7 Å². The van der Waals surface area contributed by atoms with Crippen LogP contribution in [0.1, 0.15) is 35.1 Å². The number of rotatable bonds is 12. The first kappa shape index (κ1) is 29.2. The second-order valence-electron chi connectivity index (χ2n) is 10.0. The highest BCUT2D eigenvalue weighted by molar-refractivity contribution is 7.99. The number of carbonyl (C=O) groups is 1. The third-order valence-electron chi connectivity index (χ3n) is 7.23. The zero-order chi connectivity index (χ0) is 27.8. The number of nitriles is 1. The molecule has 4 heterocycles. The molecule has 0 bridgehead atoms. The Morgan fingerprint density at radius 3 is 2.59 bits per heavy atom. The number of aryl methyl sites for hydroxylation is 1. The van der Waals surface area contributed by atoms with Gasteiger partial charge in [-0.3, -0.25) is 4.90 Å². The second-order valence-corrected chi connectivity index (χ2v) is 11.2. The molecule has 0 unspecified atom stereocenters. The molecule has 1 saturated heterocycles. The number of aldehydes is 1. The number of ether oxygens (including phenoxy) is 2. The van der Waals surface area contributed by atoms with Gasteiger partial charge in [0.05, 0.1) is 17.8 Å². The summed E-state index contributed by atoms with van der Waals surface area (Å²) in [6.45, 7) is 5.34. The van der Waals surface area contributed by atoms with Gasteiger partial charge in [0.2, 0.25) is 6.29 Å². The minimum absolute atomic E-state index is 0.423. The molecule has 4 rings (SSSR count). The largest absolute Gasteiger partial charge is 0.369 e. The maximum absolute atomic E-state index is 10.8. The molecule has 0 aromatic carbocycles. The first-order valence-corrected chi connectivity index (χ1v) is 14.5. The fraction of sp³-hybridized carbons (Fsp3) is 0.571. The Hall–Kier alpha value is -2.75. The van der Waals surface area contributed by atoms with Gasteiger partial charge in [0.15, 0.2) is 0 Å². The summed E-state index contributed by atoms with van der Waals surface area (Å²) in [6, 6.07) is 6.61. The van der Waals surface area contributed by atoms with E-state index in [1.807, 2.05) is 29.8 Å². The van der Waals surface area contributed by atoms with Gasteiger partial charge in [-0.05, 0) is 44.1 Å². The zero-order valence-corrected chi connectivity index (χ0v) is 24.2. The molecule has 2 aliphatic rings. The van der Waals surface area contributed by atoms with Crippen molar-refractivity contribution in [3.8, 4) is 6.07 Å². The molecule has 210 valence electrons. The number of thioether (sulfide) groups is 1. The number of aromatic nitrogens is 2. The summed E-state index contributed by atoms with van der Waals surface area (Å²) in [5.41, 5.74) is 4.52. The minimum atomic E-state index is -0.601. The summed E-state index contributed by atoms with van der Waals surface area (Å²) in [4.78, 5) is 29.3.